The molecule has 7 heteroatoms. The molecule has 0 aromatic rings. The van der Waals surface area contributed by atoms with Gasteiger partial charge >= 0.3 is 10.2 Å². The number of ether oxygens (including phenoxy) is 1. The van der Waals surface area contributed by atoms with Crippen molar-refractivity contribution in [3.05, 3.63) is 0 Å². The van der Waals surface area contributed by atoms with E-state index in [-0.39, 0.29) is 12.2 Å². The third kappa shape index (κ3) is 4.89. The molecule has 1 aliphatic heterocycles. The second-order valence-corrected chi connectivity index (χ2v) is 7.01. The molecule has 0 aliphatic carbocycles. The molecule has 2 atom stereocenters. The standard InChI is InChI=1S/C10H22N2O4S/c1-8-6-12(7-9(2)15-8)17(13,14)11-16-10(3,4)5/h8-9,11H,6-7H2,1-5H3. The van der Waals surface area contributed by atoms with Gasteiger partial charge in [0.15, 0.2) is 0 Å². The van der Waals surface area contributed by atoms with Crippen LogP contribution in [0.1, 0.15) is 34.6 Å². The number of hydrogen-bond acceptors (Lipinski definition) is 4. The maximum absolute atomic E-state index is 12.0. The smallest absolute Gasteiger partial charge is 0.301 e. The maximum Gasteiger partial charge on any atom is 0.301 e. The summed E-state index contributed by atoms with van der Waals surface area (Å²) in [5.74, 6) is 0. The van der Waals surface area contributed by atoms with Gasteiger partial charge in [-0.2, -0.15) is 12.7 Å². The highest BCUT2D eigenvalue weighted by Gasteiger charge is 2.32. The molecule has 2 unspecified atom stereocenters. The van der Waals surface area contributed by atoms with Gasteiger partial charge in [0.1, 0.15) is 0 Å². The summed E-state index contributed by atoms with van der Waals surface area (Å²) in [6.07, 6.45) is -0.213. The topological polar surface area (TPSA) is 67.9 Å². The first-order valence-corrected chi connectivity index (χ1v) is 7.14. The Bertz CT molecular complexity index is 340. The van der Waals surface area contributed by atoms with Crippen LogP contribution < -0.4 is 4.89 Å². The van der Waals surface area contributed by atoms with Crippen LogP contribution in [0.25, 0.3) is 0 Å². The Labute approximate surface area is 103 Å². The van der Waals surface area contributed by atoms with Crippen molar-refractivity contribution in [2.45, 2.75) is 52.4 Å². The Kier molecular flexibility index (Phi) is 4.54. The SMILES string of the molecule is CC1CN(S(=O)(=O)NOC(C)(C)C)CC(C)O1. The molecule has 1 N–H and O–H groups in total. The summed E-state index contributed by atoms with van der Waals surface area (Å²) in [4.78, 5) is 7.25. The van der Waals surface area contributed by atoms with Gasteiger partial charge in [0, 0.05) is 13.1 Å². The van der Waals surface area contributed by atoms with Gasteiger partial charge in [0.25, 0.3) is 0 Å². The van der Waals surface area contributed by atoms with Crippen molar-refractivity contribution in [1.29, 1.82) is 0 Å². The van der Waals surface area contributed by atoms with Crippen LogP contribution in [-0.4, -0.2) is 43.6 Å². The highest BCUT2D eigenvalue weighted by molar-refractivity contribution is 7.87. The minimum atomic E-state index is -3.60. The summed E-state index contributed by atoms with van der Waals surface area (Å²) in [5, 5.41) is 0. The fraction of sp³-hybridized carbons (Fsp3) is 1.00. The van der Waals surface area contributed by atoms with Crippen molar-refractivity contribution >= 4 is 10.2 Å². The fourth-order valence-corrected chi connectivity index (χ4v) is 2.83. The van der Waals surface area contributed by atoms with Crippen LogP contribution in [-0.2, 0) is 19.8 Å². The van der Waals surface area contributed by atoms with Gasteiger partial charge < -0.3 is 4.74 Å². The molecular formula is C10H22N2O4S. The lowest BCUT2D eigenvalue weighted by Gasteiger charge is -2.34. The molecule has 0 spiro atoms. The van der Waals surface area contributed by atoms with Crippen LogP contribution in [0.15, 0.2) is 0 Å². The van der Waals surface area contributed by atoms with Crippen molar-refractivity contribution in [3.8, 4) is 0 Å². The highest BCUT2D eigenvalue weighted by Crippen LogP contribution is 2.14. The second-order valence-electron chi connectivity index (χ2n) is 5.38. The van der Waals surface area contributed by atoms with Crippen molar-refractivity contribution in [3.63, 3.8) is 0 Å². The molecule has 0 amide bonds. The van der Waals surface area contributed by atoms with E-state index < -0.39 is 15.8 Å². The molecule has 0 radical (unpaired) electrons. The van der Waals surface area contributed by atoms with Crippen LogP contribution in [0.5, 0.6) is 0 Å². The van der Waals surface area contributed by atoms with Crippen LogP contribution in [0.2, 0.25) is 0 Å². The van der Waals surface area contributed by atoms with Crippen LogP contribution >= 0.6 is 0 Å². The Morgan fingerprint density at radius 2 is 1.71 bits per heavy atom. The first-order valence-electron chi connectivity index (χ1n) is 5.70. The molecule has 1 rings (SSSR count). The molecule has 6 nitrogen and oxygen atoms in total. The lowest BCUT2D eigenvalue weighted by atomic mass is 10.2. The number of morpholine rings is 1. The average molecular weight is 266 g/mol. The lowest BCUT2D eigenvalue weighted by Crippen LogP contribution is -2.52. The molecular weight excluding hydrogens is 244 g/mol. The zero-order chi connectivity index (χ0) is 13.3. The maximum atomic E-state index is 12.0. The third-order valence-electron chi connectivity index (χ3n) is 2.18. The predicted molar refractivity (Wildman–Crippen MR) is 64.5 cm³/mol. The zero-order valence-electron chi connectivity index (χ0n) is 11.1. The van der Waals surface area contributed by atoms with Gasteiger partial charge in [-0.15, -0.1) is 0 Å². The number of hydrogen-bond donors (Lipinski definition) is 1. The van der Waals surface area contributed by atoms with Gasteiger partial charge in [0.05, 0.1) is 17.8 Å². The van der Waals surface area contributed by atoms with E-state index in [0.29, 0.717) is 13.1 Å². The Hall–Kier alpha value is -0.210. The van der Waals surface area contributed by atoms with Crippen molar-refractivity contribution in [2.75, 3.05) is 13.1 Å². The van der Waals surface area contributed by atoms with Crippen molar-refractivity contribution < 1.29 is 18.0 Å². The van der Waals surface area contributed by atoms with Crippen LogP contribution in [0.4, 0.5) is 0 Å². The summed E-state index contributed by atoms with van der Waals surface area (Å²) >= 11 is 0. The van der Waals surface area contributed by atoms with Gasteiger partial charge in [0.2, 0.25) is 0 Å². The fourth-order valence-electron chi connectivity index (χ4n) is 1.56. The molecule has 17 heavy (non-hydrogen) atoms. The van der Waals surface area contributed by atoms with E-state index in [1.807, 2.05) is 13.8 Å². The molecule has 0 saturated carbocycles. The first kappa shape index (κ1) is 14.8. The van der Waals surface area contributed by atoms with Gasteiger partial charge in [-0.3, -0.25) is 4.84 Å². The number of nitrogens with zero attached hydrogens (tertiary/aromatic N) is 1. The molecule has 1 heterocycles. The van der Waals surface area contributed by atoms with E-state index in [1.54, 1.807) is 20.8 Å². The number of nitrogens with one attached hydrogen (secondary N) is 1. The minimum Gasteiger partial charge on any atom is -0.373 e. The molecule has 1 saturated heterocycles. The normalized spacial score (nSPS) is 28.3. The van der Waals surface area contributed by atoms with Gasteiger partial charge in [-0.05, 0) is 34.6 Å². The summed E-state index contributed by atoms with van der Waals surface area (Å²) in [6.45, 7) is 9.71. The number of rotatable bonds is 3. The highest BCUT2D eigenvalue weighted by atomic mass is 32.2. The lowest BCUT2D eigenvalue weighted by molar-refractivity contribution is -0.0565. The Balaban J connectivity index is 2.63. The van der Waals surface area contributed by atoms with E-state index in [9.17, 15) is 8.42 Å². The second kappa shape index (κ2) is 5.19. The van der Waals surface area contributed by atoms with Crippen molar-refractivity contribution in [1.82, 2.24) is 9.19 Å². The summed E-state index contributed by atoms with van der Waals surface area (Å²) in [6, 6.07) is 0. The van der Waals surface area contributed by atoms with E-state index in [4.69, 9.17) is 9.57 Å². The molecule has 1 fully saturated rings. The van der Waals surface area contributed by atoms with E-state index >= 15 is 0 Å². The van der Waals surface area contributed by atoms with Crippen molar-refractivity contribution in [2.24, 2.45) is 0 Å². The van der Waals surface area contributed by atoms with Gasteiger partial charge in [-0.1, -0.05) is 4.89 Å². The molecule has 0 aromatic heterocycles. The van der Waals surface area contributed by atoms with Crippen LogP contribution in [0.3, 0.4) is 0 Å². The molecule has 102 valence electrons. The molecule has 1 aliphatic rings. The zero-order valence-corrected chi connectivity index (χ0v) is 11.9. The van der Waals surface area contributed by atoms with Crippen LogP contribution in [0, 0.1) is 0 Å². The largest absolute Gasteiger partial charge is 0.373 e. The summed E-state index contributed by atoms with van der Waals surface area (Å²) in [5.41, 5.74) is -0.559. The molecule has 0 aromatic carbocycles. The van der Waals surface area contributed by atoms with E-state index in [1.165, 1.54) is 4.31 Å². The summed E-state index contributed by atoms with van der Waals surface area (Å²) < 4.78 is 30.7. The average Bonchev–Trinajstić information content (AvgIpc) is 2.12. The minimum absolute atomic E-state index is 0.107. The Morgan fingerprint density at radius 3 is 2.12 bits per heavy atom. The van der Waals surface area contributed by atoms with E-state index in [2.05, 4.69) is 4.89 Å². The van der Waals surface area contributed by atoms with E-state index in [0.717, 1.165) is 0 Å². The summed E-state index contributed by atoms with van der Waals surface area (Å²) in [7, 11) is -3.60. The van der Waals surface area contributed by atoms with Gasteiger partial charge in [-0.25, -0.2) is 0 Å². The Morgan fingerprint density at radius 1 is 1.24 bits per heavy atom. The monoisotopic (exact) mass is 266 g/mol. The quantitative estimate of drug-likeness (QED) is 0.762. The third-order valence-corrected chi connectivity index (χ3v) is 3.45. The first-order chi connectivity index (χ1) is 7.60. The predicted octanol–water partition coefficient (Wildman–Crippen LogP) is 0.660. The molecule has 0 bridgehead atoms.